The number of rotatable bonds is 6. The molecule has 0 aliphatic rings. The van der Waals surface area contributed by atoms with E-state index in [1.807, 2.05) is 36.6 Å². The molecule has 0 aliphatic heterocycles. The summed E-state index contributed by atoms with van der Waals surface area (Å²) in [6.07, 6.45) is 2.47. The Hall–Kier alpha value is -2.08. The van der Waals surface area contributed by atoms with E-state index < -0.39 is 12.0 Å². The lowest BCUT2D eigenvalue weighted by Gasteiger charge is -2.15. The Labute approximate surface area is 133 Å². The predicted octanol–water partition coefficient (Wildman–Crippen LogP) is 2.26. The summed E-state index contributed by atoms with van der Waals surface area (Å²) in [7, 11) is 1.31. The second-order valence-corrected chi connectivity index (χ2v) is 5.71. The highest BCUT2D eigenvalue weighted by Crippen LogP contribution is 2.12. The van der Waals surface area contributed by atoms with Gasteiger partial charge in [-0.3, -0.25) is 4.79 Å². The lowest BCUT2D eigenvalue weighted by atomic mass is 10.2. The zero-order chi connectivity index (χ0) is 15.9. The van der Waals surface area contributed by atoms with Gasteiger partial charge in [0.2, 0.25) is 0 Å². The first-order valence-corrected chi connectivity index (χ1v) is 8.28. The Morgan fingerprint density at radius 2 is 2.05 bits per heavy atom. The number of methoxy groups -OCH3 is 1. The summed E-state index contributed by atoms with van der Waals surface area (Å²) in [5.74, 6) is -0.0592. The topological polar surface area (TPSA) is 68.3 Å². The number of esters is 1. The van der Waals surface area contributed by atoms with E-state index in [2.05, 4.69) is 10.3 Å². The normalized spacial score (nSPS) is 11.9. The van der Waals surface area contributed by atoms with Gasteiger partial charge in [-0.05, 0) is 30.6 Å². The standard InChI is InChI=1S/C16H18N2O3S/c1-21-16(20)14(9-10-22-2)18-15(19)13-8-7-11-5-3-4-6-12(11)17-13/h3-8,14H,9-10H2,1-2H3,(H,18,19)/t14-/m1/s1. The van der Waals surface area contributed by atoms with Crippen molar-refractivity contribution in [2.75, 3.05) is 19.1 Å². The van der Waals surface area contributed by atoms with Gasteiger partial charge in [-0.25, -0.2) is 9.78 Å². The molecule has 0 unspecified atom stereocenters. The quantitative estimate of drug-likeness (QED) is 0.828. The number of aromatic nitrogens is 1. The van der Waals surface area contributed by atoms with Crippen LogP contribution >= 0.6 is 11.8 Å². The van der Waals surface area contributed by atoms with Crippen LogP contribution in [0.1, 0.15) is 16.9 Å². The van der Waals surface area contributed by atoms with E-state index >= 15 is 0 Å². The number of nitrogens with zero attached hydrogens (tertiary/aromatic N) is 1. The predicted molar refractivity (Wildman–Crippen MR) is 88.0 cm³/mol. The maximum Gasteiger partial charge on any atom is 0.328 e. The van der Waals surface area contributed by atoms with Crippen LogP contribution in [0.25, 0.3) is 10.9 Å². The van der Waals surface area contributed by atoms with Crippen LogP contribution in [0.2, 0.25) is 0 Å². The highest BCUT2D eigenvalue weighted by molar-refractivity contribution is 7.98. The van der Waals surface area contributed by atoms with Crippen molar-refractivity contribution in [2.45, 2.75) is 12.5 Å². The van der Waals surface area contributed by atoms with Crippen molar-refractivity contribution in [1.29, 1.82) is 0 Å². The molecule has 1 aromatic heterocycles. The lowest BCUT2D eigenvalue weighted by molar-refractivity contribution is -0.142. The Balaban J connectivity index is 2.15. The minimum absolute atomic E-state index is 0.289. The van der Waals surface area contributed by atoms with Crippen molar-refractivity contribution >= 4 is 34.5 Å². The molecule has 0 spiro atoms. The fraction of sp³-hybridized carbons (Fsp3) is 0.312. The molecule has 6 heteroatoms. The highest BCUT2D eigenvalue weighted by Gasteiger charge is 2.22. The molecule has 1 heterocycles. The fourth-order valence-electron chi connectivity index (χ4n) is 2.05. The molecule has 0 saturated carbocycles. The van der Waals surface area contributed by atoms with Crippen molar-refractivity contribution in [3.8, 4) is 0 Å². The summed E-state index contributed by atoms with van der Waals surface area (Å²) in [6.45, 7) is 0. The number of thioether (sulfide) groups is 1. The molecule has 0 radical (unpaired) electrons. The van der Waals surface area contributed by atoms with E-state index in [1.54, 1.807) is 17.8 Å². The van der Waals surface area contributed by atoms with Gasteiger partial charge in [0.1, 0.15) is 11.7 Å². The second-order valence-electron chi connectivity index (χ2n) is 4.72. The lowest BCUT2D eigenvalue weighted by Crippen LogP contribution is -2.42. The van der Waals surface area contributed by atoms with Crippen LogP contribution in [-0.4, -0.2) is 42.0 Å². The van der Waals surface area contributed by atoms with Crippen LogP contribution in [0, 0.1) is 0 Å². The first kappa shape index (κ1) is 16.3. The molecule has 1 aromatic carbocycles. The summed E-state index contributed by atoms with van der Waals surface area (Å²) >= 11 is 1.61. The molecular weight excluding hydrogens is 300 g/mol. The van der Waals surface area contributed by atoms with E-state index in [-0.39, 0.29) is 11.6 Å². The van der Waals surface area contributed by atoms with Crippen molar-refractivity contribution in [3.05, 3.63) is 42.1 Å². The van der Waals surface area contributed by atoms with Crippen molar-refractivity contribution in [3.63, 3.8) is 0 Å². The van der Waals surface area contributed by atoms with Gasteiger partial charge >= 0.3 is 5.97 Å². The summed E-state index contributed by atoms with van der Waals surface area (Å²) < 4.78 is 4.73. The minimum Gasteiger partial charge on any atom is -0.467 e. The van der Waals surface area contributed by atoms with Crippen LogP contribution in [-0.2, 0) is 9.53 Å². The van der Waals surface area contributed by atoms with Crippen molar-refractivity contribution in [2.24, 2.45) is 0 Å². The maximum atomic E-state index is 12.3. The molecule has 1 amide bonds. The van der Waals surface area contributed by atoms with Gasteiger partial charge in [-0.2, -0.15) is 11.8 Å². The van der Waals surface area contributed by atoms with E-state index in [1.165, 1.54) is 7.11 Å². The molecule has 1 N–H and O–H groups in total. The van der Waals surface area contributed by atoms with Crippen molar-refractivity contribution in [1.82, 2.24) is 10.3 Å². The minimum atomic E-state index is -0.654. The number of nitrogens with one attached hydrogen (secondary N) is 1. The van der Waals surface area contributed by atoms with Gasteiger partial charge < -0.3 is 10.1 Å². The molecule has 2 rings (SSSR count). The van der Waals surface area contributed by atoms with Crippen LogP contribution in [0.3, 0.4) is 0 Å². The number of fused-ring (bicyclic) bond motifs is 1. The molecular formula is C16H18N2O3S. The van der Waals surface area contributed by atoms with Crippen LogP contribution in [0.5, 0.6) is 0 Å². The number of amides is 1. The molecule has 2 aromatic rings. The van der Waals surface area contributed by atoms with Crippen LogP contribution < -0.4 is 5.32 Å². The number of hydrogen-bond donors (Lipinski definition) is 1. The summed E-state index contributed by atoms with van der Waals surface area (Å²) in [4.78, 5) is 28.3. The highest BCUT2D eigenvalue weighted by atomic mass is 32.2. The zero-order valence-corrected chi connectivity index (χ0v) is 13.4. The second kappa shape index (κ2) is 7.79. The first-order chi connectivity index (χ1) is 10.7. The molecule has 0 aliphatic carbocycles. The van der Waals surface area contributed by atoms with Crippen molar-refractivity contribution < 1.29 is 14.3 Å². The first-order valence-electron chi connectivity index (χ1n) is 6.89. The molecule has 0 saturated heterocycles. The third kappa shape index (κ3) is 3.98. The number of carbonyl (C=O) groups is 2. The molecule has 5 nitrogen and oxygen atoms in total. The van der Waals surface area contributed by atoms with Crippen LogP contribution in [0.15, 0.2) is 36.4 Å². The Bertz CT molecular complexity index is 675. The number of benzene rings is 1. The van der Waals surface area contributed by atoms with Gasteiger partial charge in [0.15, 0.2) is 0 Å². The van der Waals surface area contributed by atoms with E-state index in [0.717, 1.165) is 16.7 Å². The van der Waals surface area contributed by atoms with Crippen LogP contribution in [0.4, 0.5) is 0 Å². The van der Waals surface area contributed by atoms with E-state index in [9.17, 15) is 9.59 Å². The number of para-hydroxylation sites is 1. The average Bonchev–Trinajstić information content (AvgIpc) is 2.57. The number of carbonyl (C=O) groups excluding carboxylic acids is 2. The maximum absolute atomic E-state index is 12.3. The Morgan fingerprint density at radius 1 is 1.27 bits per heavy atom. The largest absolute Gasteiger partial charge is 0.467 e. The van der Waals surface area contributed by atoms with Gasteiger partial charge in [0.25, 0.3) is 5.91 Å². The van der Waals surface area contributed by atoms with E-state index in [0.29, 0.717) is 6.42 Å². The summed E-state index contributed by atoms with van der Waals surface area (Å²) in [6, 6.07) is 10.4. The average molecular weight is 318 g/mol. The SMILES string of the molecule is COC(=O)[C@@H](CCSC)NC(=O)c1ccc2ccccc2n1. The summed E-state index contributed by atoms with van der Waals surface area (Å²) in [5, 5.41) is 3.66. The molecule has 1 atom stereocenters. The zero-order valence-electron chi connectivity index (χ0n) is 12.5. The Kier molecular flexibility index (Phi) is 5.77. The number of ether oxygens (including phenoxy) is 1. The molecule has 22 heavy (non-hydrogen) atoms. The number of pyridine rings is 1. The third-order valence-corrected chi connectivity index (χ3v) is 3.88. The van der Waals surface area contributed by atoms with Gasteiger partial charge in [-0.15, -0.1) is 0 Å². The van der Waals surface area contributed by atoms with E-state index in [4.69, 9.17) is 4.74 Å². The smallest absolute Gasteiger partial charge is 0.328 e. The number of hydrogen-bond acceptors (Lipinski definition) is 5. The van der Waals surface area contributed by atoms with Gasteiger partial charge in [-0.1, -0.05) is 24.3 Å². The summed E-state index contributed by atoms with van der Waals surface area (Å²) in [5.41, 5.74) is 1.03. The van der Waals surface area contributed by atoms with Gasteiger partial charge in [0, 0.05) is 5.39 Å². The molecule has 116 valence electrons. The monoisotopic (exact) mass is 318 g/mol. The van der Waals surface area contributed by atoms with Gasteiger partial charge in [0.05, 0.1) is 12.6 Å². The third-order valence-electron chi connectivity index (χ3n) is 3.23. The molecule has 0 fully saturated rings. The fourth-order valence-corrected chi connectivity index (χ4v) is 2.52. The Morgan fingerprint density at radius 3 is 2.77 bits per heavy atom. The molecule has 0 bridgehead atoms.